The average Bonchev–Trinajstić information content (AvgIpc) is 3.46. The first kappa shape index (κ1) is 20.0. The summed E-state index contributed by atoms with van der Waals surface area (Å²) >= 11 is 0. The lowest BCUT2D eigenvalue weighted by atomic mass is 10.2. The van der Waals surface area contributed by atoms with E-state index >= 15 is 0 Å². The maximum Gasteiger partial charge on any atom is 0.331 e. The highest BCUT2D eigenvalue weighted by Gasteiger charge is 2.13. The van der Waals surface area contributed by atoms with Crippen molar-refractivity contribution in [2.45, 2.75) is 13.2 Å². The second-order valence-corrected chi connectivity index (χ2v) is 6.48. The minimum Gasteiger partial charge on any atom is -0.496 e. The number of nitrogens with zero attached hydrogens (tertiary/aromatic N) is 5. The second kappa shape index (κ2) is 9.49. The van der Waals surface area contributed by atoms with Crippen molar-refractivity contribution in [1.82, 2.24) is 25.1 Å². The van der Waals surface area contributed by atoms with Crippen LogP contribution < -0.4 is 4.74 Å². The van der Waals surface area contributed by atoms with E-state index in [0.29, 0.717) is 29.4 Å². The normalized spacial score (nSPS) is 11.0. The molecule has 0 spiro atoms. The SMILES string of the molecule is COc1ccccc1-c1noc(COC(=O)/C=C/c2cn(Cc3ccccc3)nn2)n1. The van der Waals surface area contributed by atoms with Gasteiger partial charge in [0, 0.05) is 6.08 Å². The van der Waals surface area contributed by atoms with E-state index in [1.807, 2.05) is 48.5 Å². The molecular weight excluding hydrogens is 398 g/mol. The molecule has 9 nitrogen and oxygen atoms in total. The van der Waals surface area contributed by atoms with Crippen LogP contribution in [0.15, 0.2) is 71.4 Å². The van der Waals surface area contributed by atoms with Crippen molar-refractivity contribution in [2.75, 3.05) is 7.11 Å². The number of aromatic nitrogens is 5. The van der Waals surface area contributed by atoms with Crippen LogP contribution in [0.2, 0.25) is 0 Å². The van der Waals surface area contributed by atoms with Gasteiger partial charge in [0.25, 0.3) is 5.89 Å². The van der Waals surface area contributed by atoms with Crippen molar-refractivity contribution in [2.24, 2.45) is 0 Å². The molecule has 0 saturated heterocycles. The first-order valence-electron chi connectivity index (χ1n) is 9.46. The lowest BCUT2D eigenvalue weighted by Gasteiger charge is -2.03. The standard InChI is InChI=1S/C22H19N5O4/c1-29-19-10-6-5-9-18(19)22-23-20(31-25-22)15-30-21(28)12-11-17-14-27(26-24-17)13-16-7-3-2-4-8-16/h2-12,14H,13,15H2,1H3/b12-11+. The molecule has 0 fully saturated rings. The van der Waals surface area contributed by atoms with E-state index in [9.17, 15) is 4.79 Å². The zero-order chi connectivity index (χ0) is 21.5. The van der Waals surface area contributed by atoms with Gasteiger partial charge in [0.2, 0.25) is 5.82 Å². The van der Waals surface area contributed by atoms with Gasteiger partial charge in [-0.1, -0.05) is 52.8 Å². The van der Waals surface area contributed by atoms with E-state index in [4.69, 9.17) is 14.0 Å². The van der Waals surface area contributed by atoms with Gasteiger partial charge in [-0.3, -0.25) is 0 Å². The molecule has 0 aliphatic rings. The number of ether oxygens (including phenoxy) is 2. The quantitative estimate of drug-likeness (QED) is 0.318. The summed E-state index contributed by atoms with van der Waals surface area (Å²) in [6.07, 6.45) is 4.55. The van der Waals surface area contributed by atoms with Gasteiger partial charge in [-0.2, -0.15) is 4.98 Å². The van der Waals surface area contributed by atoms with Crippen molar-refractivity contribution in [3.8, 4) is 17.1 Å². The fourth-order valence-corrected chi connectivity index (χ4v) is 2.82. The number of benzene rings is 2. The molecule has 2 aromatic heterocycles. The van der Waals surface area contributed by atoms with Gasteiger partial charge < -0.3 is 14.0 Å². The molecule has 2 aromatic carbocycles. The fraction of sp³-hybridized carbons (Fsp3) is 0.136. The first-order valence-corrected chi connectivity index (χ1v) is 9.46. The van der Waals surface area contributed by atoms with Crippen molar-refractivity contribution in [3.05, 3.63) is 84.0 Å². The van der Waals surface area contributed by atoms with Crippen LogP contribution >= 0.6 is 0 Å². The average molecular weight is 417 g/mol. The third-order valence-corrected chi connectivity index (χ3v) is 4.29. The summed E-state index contributed by atoms with van der Waals surface area (Å²) in [6.45, 7) is 0.448. The third-order valence-electron chi connectivity index (χ3n) is 4.29. The molecule has 0 radical (unpaired) electrons. The number of carbonyl (C=O) groups is 1. The number of hydrogen-bond donors (Lipinski definition) is 0. The van der Waals surface area contributed by atoms with Crippen LogP contribution in [0.3, 0.4) is 0 Å². The Balaban J connectivity index is 1.31. The molecule has 0 unspecified atom stereocenters. The monoisotopic (exact) mass is 417 g/mol. The predicted molar refractivity (Wildman–Crippen MR) is 111 cm³/mol. The van der Waals surface area contributed by atoms with Crippen LogP contribution in [0.5, 0.6) is 5.75 Å². The summed E-state index contributed by atoms with van der Waals surface area (Å²) < 4.78 is 17.3. The van der Waals surface area contributed by atoms with Crippen LogP contribution in [-0.2, 0) is 22.7 Å². The van der Waals surface area contributed by atoms with Gasteiger partial charge in [0.1, 0.15) is 11.4 Å². The minimum atomic E-state index is -0.561. The Bertz CT molecular complexity index is 1180. The van der Waals surface area contributed by atoms with Crippen molar-refractivity contribution >= 4 is 12.0 Å². The van der Waals surface area contributed by atoms with Crippen LogP contribution in [0.4, 0.5) is 0 Å². The summed E-state index contributed by atoms with van der Waals surface area (Å²) in [5.41, 5.74) is 2.34. The molecule has 0 bridgehead atoms. The van der Waals surface area contributed by atoms with Crippen molar-refractivity contribution < 1.29 is 18.8 Å². The van der Waals surface area contributed by atoms with Crippen LogP contribution in [-0.4, -0.2) is 38.2 Å². The maximum absolute atomic E-state index is 12.0. The van der Waals surface area contributed by atoms with Gasteiger partial charge in [-0.15, -0.1) is 5.10 Å². The molecule has 4 rings (SSSR count). The fourth-order valence-electron chi connectivity index (χ4n) is 2.82. The van der Waals surface area contributed by atoms with E-state index in [2.05, 4.69) is 20.5 Å². The summed E-state index contributed by atoms with van der Waals surface area (Å²) in [5.74, 6) is 0.593. The minimum absolute atomic E-state index is 0.147. The van der Waals surface area contributed by atoms with Gasteiger partial charge in [0.15, 0.2) is 6.61 Å². The van der Waals surface area contributed by atoms with Crippen LogP contribution in [0.1, 0.15) is 17.1 Å². The molecule has 0 atom stereocenters. The van der Waals surface area contributed by atoms with Crippen molar-refractivity contribution in [3.63, 3.8) is 0 Å². The van der Waals surface area contributed by atoms with Gasteiger partial charge in [-0.05, 0) is 23.8 Å². The molecule has 2 heterocycles. The number of rotatable bonds is 8. The smallest absolute Gasteiger partial charge is 0.331 e. The van der Waals surface area contributed by atoms with Crippen LogP contribution in [0, 0.1) is 0 Å². The topological polar surface area (TPSA) is 105 Å². The molecule has 0 saturated carbocycles. The number of carbonyl (C=O) groups excluding carboxylic acids is 1. The Morgan fingerprint density at radius 2 is 1.94 bits per heavy atom. The lowest BCUT2D eigenvalue weighted by molar-refractivity contribution is -0.139. The molecule has 0 N–H and O–H groups in total. The number of esters is 1. The van der Waals surface area contributed by atoms with Crippen molar-refractivity contribution in [1.29, 1.82) is 0 Å². The first-order chi connectivity index (χ1) is 15.2. The zero-order valence-corrected chi connectivity index (χ0v) is 16.7. The van der Waals surface area contributed by atoms with E-state index in [-0.39, 0.29) is 12.5 Å². The summed E-state index contributed by atoms with van der Waals surface area (Å²) in [6, 6.07) is 17.2. The summed E-state index contributed by atoms with van der Waals surface area (Å²) in [5, 5.41) is 12.0. The predicted octanol–water partition coefficient (Wildman–Crippen LogP) is 3.14. The van der Waals surface area contributed by atoms with E-state index in [0.717, 1.165) is 5.56 Å². The van der Waals surface area contributed by atoms with E-state index < -0.39 is 5.97 Å². The maximum atomic E-state index is 12.0. The lowest BCUT2D eigenvalue weighted by Crippen LogP contribution is -2.01. The number of hydrogen-bond acceptors (Lipinski definition) is 8. The number of para-hydroxylation sites is 1. The highest BCUT2D eigenvalue weighted by atomic mass is 16.6. The summed E-state index contributed by atoms with van der Waals surface area (Å²) in [4.78, 5) is 16.2. The molecule has 4 aromatic rings. The Morgan fingerprint density at radius 3 is 2.77 bits per heavy atom. The molecule has 156 valence electrons. The third kappa shape index (κ3) is 5.21. The highest BCUT2D eigenvalue weighted by Crippen LogP contribution is 2.27. The van der Waals surface area contributed by atoms with E-state index in [1.165, 1.54) is 12.2 Å². The Kier molecular flexibility index (Phi) is 6.13. The molecular formula is C22H19N5O4. The zero-order valence-electron chi connectivity index (χ0n) is 16.7. The second-order valence-electron chi connectivity index (χ2n) is 6.48. The Hall–Kier alpha value is -4.27. The molecule has 31 heavy (non-hydrogen) atoms. The molecule has 0 aliphatic carbocycles. The Labute approximate surface area is 177 Å². The van der Waals surface area contributed by atoms with Gasteiger partial charge >= 0.3 is 5.97 Å². The van der Waals surface area contributed by atoms with E-state index in [1.54, 1.807) is 24.1 Å². The Morgan fingerprint density at radius 1 is 1.13 bits per heavy atom. The molecule has 0 amide bonds. The molecule has 0 aliphatic heterocycles. The molecule has 9 heteroatoms. The number of methoxy groups -OCH3 is 1. The van der Waals surface area contributed by atoms with Crippen LogP contribution in [0.25, 0.3) is 17.5 Å². The van der Waals surface area contributed by atoms with Gasteiger partial charge in [0.05, 0.1) is 25.4 Å². The summed E-state index contributed by atoms with van der Waals surface area (Å²) in [7, 11) is 1.56. The van der Waals surface area contributed by atoms with Gasteiger partial charge in [-0.25, -0.2) is 9.48 Å². The largest absolute Gasteiger partial charge is 0.496 e. The highest BCUT2D eigenvalue weighted by molar-refractivity contribution is 5.86.